The molecular weight excluding hydrogens is 260 g/mol. The Bertz CT molecular complexity index is 441. The van der Waals surface area contributed by atoms with Crippen LogP contribution in [0.3, 0.4) is 0 Å². The molecule has 0 bridgehead atoms. The van der Waals surface area contributed by atoms with Crippen LogP contribution in [0.25, 0.3) is 0 Å². The lowest BCUT2D eigenvalue weighted by Crippen LogP contribution is -2.52. The van der Waals surface area contributed by atoms with Gasteiger partial charge in [-0.3, -0.25) is 9.59 Å². The lowest BCUT2D eigenvalue weighted by Gasteiger charge is -2.26. The molecule has 1 aliphatic heterocycles. The molecule has 0 aromatic carbocycles. The third kappa shape index (κ3) is 2.78. The maximum Gasteiger partial charge on any atom is 0.326 e. The summed E-state index contributed by atoms with van der Waals surface area (Å²) < 4.78 is 0. The molecule has 1 saturated carbocycles. The number of aliphatic carboxylic acids is 1. The molecule has 0 aromatic heterocycles. The van der Waals surface area contributed by atoms with Crippen molar-refractivity contribution in [1.82, 2.24) is 10.2 Å². The molecule has 3 atom stereocenters. The molecule has 0 aromatic rings. The summed E-state index contributed by atoms with van der Waals surface area (Å²) >= 11 is 0. The predicted molar refractivity (Wildman–Crippen MR) is 71.9 cm³/mol. The van der Waals surface area contributed by atoms with Gasteiger partial charge in [0, 0.05) is 12.1 Å². The van der Waals surface area contributed by atoms with Gasteiger partial charge in [0.25, 0.3) is 0 Å². The third-order valence-corrected chi connectivity index (χ3v) is 4.09. The molecular formula is C14H22N2O4. The molecule has 2 fully saturated rings. The maximum atomic E-state index is 12.2. The van der Waals surface area contributed by atoms with Crippen LogP contribution in [0.15, 0.2) is 0 Å². The number of fused-ring (bicyclic) bond motifs is 1. The molecule has 6 nitrogen and oxygen atoms in total. The maximum absolute atomic E-state index is 12.2. The minimum absolute atomic E-state index is 0.00103. The van der Waals surface area contributed by atoms with E-state index in [-0.39, 0.29) is 11.8 Å². The minimum Gasteiger partial charge on any atom is -0.480 e. The first-order valence-corrected chi connectivity index (χ1v) is 7.06. The topological polar surface area (TPSA) is 86.7 Å². The van der Waals surface area contributed by atoms with Gasteiger partial charge in [-0.15, -0.1) is 0 Å². The first kappa shape index (κ1) is 14.8. The Morgan fingerprint density at radius 1 is 1.20 bits per heavy atom. The molecule has 1 saturated heterocycles. The second-order valence-corrected chi connectivity index (χ2v) is 6.80. The van der Waals surface area contributed by atoms with E-state index >= 15 is 0 Å². The lowest BCUT2D eigenvalue weighted by molar-refractivity contribution is -0.154. The van der Waals surface area contributed by atoms with Crippen molar-refractivity contribution in [3.05, 3.63) is 0 Å². The standard InChI is InChI=1S/C14H22N2O4/c1-14(2,3)15-11(17)12(18)16-7-8-5-4-6-9(8)10(16)13(19)20/h8-10H,4-7H2,1-3H3,(H,15,17)(H,19,20)/t8-,9?,10-/m0/s1. The number of hydrogen-bond acceptors (Lipinski definition) is 3. The average Bonchev–Trinajstić information content (AvgIpc) is 2.83. The van der Waals surface area contributed by atoms with E-state index in [0.717, 1.165) is 19.3 Å². The molecule has 2 aliphatic rings. The summed E-state index contributed by atoms with van der Waals surface area (Å²) in [6.07, 6.45) is 2.78. The Hall–Kier alpha value is -1.59. The lowest BCUT2D eigenvalue weighted by atomic mass is 9.94. The van der Waals surface area contributed by atoms with Crippen molar-refractivity contribution in [3.63, 3.8) is 0 Å². The fourth-order valence-electron chi connectivity index (χ4n) is 3.36. The number of carboxylic acids is 1. The first-order chi connectivity index (χ1) is 9.20. The highest BCUT2D eigenvalue weighted by atomic mass is 16.4. The molecule has 1 heterocycles. The normalized spacial score (nSPS) is 29.1. The minimum atomic E-state index is -1.00. The molecule has 2 N–H and O–H groups in total. The van der Waals surface area contributed by atoms with Gasteiger partial charge < -0.3 is 15.3 Å². The van der Waals surface area contributed by atoms with E-state index in [1.165, 1.54) is 4.90 Å². The van der Waals surface area contributed by atoms with E-state index in [1.807, 2.05) is 0 Å². The Morgan fingerprint density at radius 3 is 2.40 bits per heavy atom. The van der Waals surface area contributed by atoms with Gasteiger partial charge >= 0.3 is 17.8 Å². The summed E-state index contributed by atoms with van der Waals surface area (Å²) in [6.45, 7) is 5.74. The van der Waals surface area contributed by atoms with Gasteiger partial charge in [0.2, 0.25) is 0 Å². The zero-order chi connectivity index (χ0) is 15.1. The number of carbonyl (C=O) groups is 3. The molecule has 2 rings (SSSR count). The molecule has 1 unspecified atom stereocenters. The average molecular weight is 282 g/mol. The van der Waals surface area contributed by atoms with E-state index in [1.54, 1.807) is 20.8 Å². The number of nitrogens with one attached hydrogen (secondary N) is 1. The van der Waals surface area contributed by atoms with Gasteiger partial charge in [-0.05, 0) is 45.4 Å². The van der Waals surface area contributed by atoms with Crippen LogP contribution < -0.4 is 5.32 Å². The van der Waals surface area contributed by atoms with E-state index in [4.69, 9.17) is 0 Å². The number of nitrogens with zero attached hydrogens (tertiary/aromatic N) is 1. The van der Waals surface area contributed by atoms with E-state index < -0.39 is 29.4 Å². The molecule has 6 heteroatoms. The zero-order valence-corrected chi connectivity index (χ0v) is 12.2. The smallest absolute Gasteiger partial charge is 0.326 e. The van der Waals surface area contributed by atoms with Crippen molar-refractivity contribution in [1.29, 1.82) is 0 Å². The number of carboxylic acid groups (broad SMARTS) is 1. The zero-order valence-electron chi connectivity index (χ0n) is 12.2. The van der Waals surface area contributed by atoms with Crippen LogP contribution >= 0.6 is 0 Å². The fraction of sp³-hybridized carbons (Fsp3) is 0.786. The molecule has 1 aliphatic carbocycles. The fourth-order valence-corrected chi connectivity index (χ4v) is 3.36. The highest BCUT2D eigenvalue weighted by molar-refractivity contribution is 6.35. The summed E-state index contributed by atoms with van der Waals surface area (Å²) in [6, 6.07) is -0.847. The van der Waals surface area contributed by atoms with Gasteiger partial charge in [-0.2, -0.15) is 0 Å². The highest BCUT2D eigenvalue weighted by Gasteiger charge is 2.50. The number of amides is 2. The number of hydrogen-bond donors (Lipinski definition) is 2. The summed E-state index contributed by atoms with van der Waals surface area (Å²) in [5.74, 6) is -2.22. The SMILES string of the molecule is CC(C)(C)NC(=O)C(=O)N1C[C@@H]2CCCC2[C@H]1C(=O)O. The van der Waals surface area contributed by atoms with Crippen LogP contribution in [0.4, 0.5) is 0 Å². The summed E-state index contributed by atoms with van der Waals surface area (Å²) in [5.41, 5.74) is -0.513. The van der Waals surface area contributed by atoms with Gasteiger partial charge in [-0.1, -0.05) is 6.42 Å². The van der Waals surface area contributed by atoms with Crippen molar-refractivity contribution in [2.75, 3.05) is 6.54 Å². The molecule has 112 valence electrons. The van der Waals surface area contributed by atoms with Crippen LogP contribution in [0, 0.1) is 11.8 Å². The largest absolute Gasteiger partial charge is 0.480 e. The monoisotopic (exact) mass is 282 g/mol. The predicted octanol–water partition coefficient (Wildman–Crippen LogP) is 0.613. The van der Waals surface area contributed by atoms with Crippen molar-refractivity contribution >= 4 is 17.8 Å². The summed E-state index contributed by atoms with van der Waals surface area (Å²) in [7, 11) is 0. The van der Waals surface area contributed by atoms with Crippen LogP contribution in [-0.4, -0.2) is 45.9 Å². The van der Waals surface area contributed by atoms with Gasteiger partial charge in [0.1, 0.15) is 6.04 Å². The molecule has 2 amide bonds. The summed E-state index contributed by atoms with van der Waals surface area (Å²) in [5, 5.41) is 12.0. The van der Waals surface area contributed by atoms with Crippen LogP contribution in [0.5, 0.6) is 0 Å². The number of rotatable bonds is 1. The van der Waals surface area contributed by atoms with Gasteiger partial charge in [-0.25, -0.2) is 4.79 Å². The molecule has 0 radical (unpaired) electrons. The summed E-state index contributed by atoms with van der Waals surface area (Å²) in [4.78, 5) is 36.8. The number of carbonyl (C=O) groups excluding carboxylic acids is 2. The van der Waals surface area contributed by atoms with Crippen LogP contribution in [-0.2, 0) is 14.4 Å². The van der Waals surface area contributed by atoms with E-state index in [9.17, 15) is 19.5 Å². The Morgan fingerprint density at radius 2 is 1.85 bits per heavy atom. The first-order valence-electron chi connectivity index (χ1n) is 7.06. The van der Waals surface area contributed by atoms with Crippen molar-refractivity contribution in [2.45, 2.75) is 51.6 Å². The molecule has 0 spiro atoms. The van der Waals surface area contributed by atoms with Crippen molar-refractivity contribution in [3.8, 4) is 0 Å². The third-order valence-electron chi connectivity index (χ3n) is 4.09. The Labute approximate surface area is 118 Å². The number of likely N-dealkylation sites (tertiary alicyclic amines) is 1. The Balaban J connectivity index is 2.13. The van der Waals surface area contributed by atoms with Gasteiger partial charge in [0.05, 0.1) is 0 Å². The quantitative estimate of drug-likeness (QED) is 0.690. The Kier molecular flexibility index (Phi) is 3.75. The van der Waals surface area contributed by atoms with Crippen molar-refractivity contribution in [2.24, 2.45) is 11.8 Å². The highest BCUT2D eigenvalue weighted by Crippen LogP contribution is 2.42. The second kappa shape index (κ2) is 5.07. The molecule has 20 heavy (non-hydrogen) atoms. The van der Waals surface area contributed by atoms with E-state index in [0.29, 0.717) is 6.54 Å². The van der Waals surface area contributed by atoms with Crippen molar-refractivity contribution < 1.29 is 19.5 Å². The van der Waals surface area contributed by atoms with Crippen LogP contribution in [0.1, 0.15) is 40.0 Å². The van der Waals surface area contributed by atoms with Crippen LogP contribution in [0.2, 0.25) is 0 Å². The van der Waals surface area contributed by atoms with E-state index in [2.05, 4.69) is 5.32 Å². The second-order valence-electron chi connectivity index (χ2n) is 6.80. The van der Waals surface area contributed by atoms with Gasteiger partial charge in [0.15, 0.2) is 0 Å².